The Hall–Kier alpha value is -2.11. The molecule has 0 aliphatic rings. The van der Waals surface area contributed by atoms with Crippen molar-refractivity contribution in [1.82, 2.24) is 9.78 Å². The number of methoxy groups -OCH3 is 1. The summed E-state index contributed by atoms with van der Waals surface area (Å²) in [6, 6.07) is 0. The van der Waals surface area contributed by atoms with Crippen molar-refractivity contribution in [3.8, 4) is 0 Å². The highest BCUT2D eigenvalue weighted by atomic mass is 16.5. The van der Waals surface area contributed by atoms with Gasteiger partial charge in [-0.3, -0.25) is 9.48 Å². The molecule has 1 rings (SSSR count). The van der Waals surface area contributed by atoms with Gasteiger partial charge in [0.15, 0.2) is 0 Å². The highest BCUT2D eigenvalue weighted by Crippen LogP contribution is 2.09. The van der Waals surface area contributed by atoms with Crippen molar-refractivity contribution >= 4 is 17.5 Å². The number of nitrogens with zero attached hydrogens (tertiary/aromatic N) is 2. The van der Waals surface area contributed by atoms with Crippen LogP contribution in [0.4, 0.5) is 0 Å². The highest BCUT2D eigenvalue weighted by Gasteiger charge is 2.13. The molecule has 1 aromatic heterocycles. The van der Waals surface area contributed by atoms with E-state index in [-0.39, 0.29) is 5.76 Å². The van der Waals surface area contributed by atoms with Crippen LogP contribution in [0.5, 0.6) is 0 Å². The third-order valence-electron chi connectivity index (χ3n) is 1.66. The van der Waals surface area contributed by atoms with Crippen molar-refractivity contribution in [2.24, 2.45) is 7.05 Å². The minimum atomic E-state index is -1.02. The van der Waals surface area contributed by atoms with Gasteiger partial charge < -0.3 is 9.84 Å². The third-order valence-corrected chi connectivity index (χ3v) is 1.66. The zero-order valence-corrected chi connectivity index (χ0v) is 8.30. The van der Waals surface area contributed by atoms with Crippen LogP contribution < -0.4 is 0 Å². The molecule has 80 valence electrons. The Bertz CT molecular complexity index is 420. The van der Waals surface area contributed by atoms with Gasteiger partial charge in [-0.1, -0.05) is 0 Å². The number of carbonyl (C=O) groups excluding carboxylic acids is 2. The van der Waals surface area contributed by atoms with E-state index in [9.17, 15) is 14.7 Å². The van der Waals surface area contributed by atoms with Crippen molar-refractivity contribution in [3.63, 3.8) is 0 Å². The van der Waals surface area contributed by atoms with Gasteiger partial charge in [-0.25, -0.2) is 4.79 Å². The highest BCUT2D eigenvalue weighted by molar-refractivity contribution is 6.39. The summed E-state index contributed by atoms with van der Waals surface area (Å²) in [5, 5.41) is 13.2. The molecular weight excluding hydrogens is 200 g/mol. The Balaban J connectivity index is 2.85. The maximum atomic E-state index is 11.0. The molecule has 0 fully saturated rings. The number of hydrogen-bond donors (Lipinski definition) is 1. The first kappa shape index (κ1) is 11.0. The first-order valence-electron chi connectivity index (χ1n) is 4.06. The van der Waals surface area contributed by atoms with E-state index in [1.54, 1.807) is 7.05 Å². The molecule has 1 N–H and O–H groups in total. The maximum absolute atomic E-state index is 11.0. The van der Waals surface area contributed by atoms with E-state index in [2.05, 4.69) is 9.84 Å². The van der Waals surface area contributed by atoms with Crippen LogP contribution in [-0.2, 0) is 21.4 Å². The van der Waals surface area contributed by atoms with E-state index in [1.165, 1.54) is 17.1 Å². The van der Waals surface area contributed by atoms with Gasteiger partial charge in [0.25, 0.3) is 5.78 Å². The minimum absolute atomic E-state index is 0.321. The van der Waals surface area contributed by atoms with Gasteiger partial charge in [0, 0.05) is 19.3 Å². The van der Waals surface area contributed by atoms with Crippen LogP contribution in [0.3, 0.4) is 0 Å². The summed E-state index contributed by atoms with van der Waals surface area (Å²) < 4.78 is 5.65. The van der Waals surface area contributed by atoms with Crippen LogP contribution in [0.25, 0.3) is 5.76 Å². The molecule has 0 atom stereocenters. The zero-order valence-electron chi connectivity index (χ0n) is 8.30. The van der Waals surface area contributed by atoms with Gasteiger partial charge in [-0.2, -0.15) is 5.10 Å². The zero-order chi connectivity index (χ0) is 11.4. The molecule has 0 radical (unpaired) electrons. The Kier molecular flexibility index (Phi) is 3.22. The summed E-state index contributed by atoms with van der Waals surface area (Å²) in [5.41, 5.74) is 0.356. The molecule has 15 heavy (non-hydrogen) atoms. The topological polar surface area (TPSA) is 81.4 Å². The molecule has 0 saturated carbocycles. The van der Waals surface area contributed by atoms with Crippen LogP contribution in [0.15, 0.2) is 18.5 Å². The lowest BCUT2D eigenvalue weighted by Gasteiger charge is -1.95. The molecule has 0 aliphatic heterocycles. The van der Waals surface area contributed by atoms with Crippen molar-refractivity contribution in [3.05, 3.63) is 24.0 Å². The molecule has 0 saturated heterocycles. The van der Waals surface area contributed by atoms with Crippen molar-refractivity contribution in [2.45, 2.75) is 0 Å². The first-order chi connectivity index (χ1) is 7.04. The second kappa shape index (κ2) is 4.41. The molecule has 0 spiro atoms. The van der Waals surface area contributed by atoms with Gasteiger partial charge in [-0.15, -0.1) is 0 Å². The maximum Gasteiger partial charge on any atom is 0.378 e. The van der Waals surface area contributed by atoms with Crippen LogP contribution in [-0.4, -0.2) is 33.7 Å². The van der Waals surface area contributed by atoms with E-state index < -0.39 is 11.8 Å². The number of aliphatic hydroxyl groups excluding tert-OH is 1. The second-order valence-corrected chi connectivity index (χ2v) is 2.79. The predicted molar refractivity (Wildman–Crippen MR) is 50.8 cm³/mol. The average molecular weight is 210 g/mol. The Morgan fingerprint density at radius 1 is 1.60 bits per heavy atom. The van der Waals surface area contributed by atoms with Gasteiger partial charge in [0.1, 0.15) is 5.76 Å². The number of esters is 1. The summed E-state index contributed by atoms with van der Waals surface area (Å²) in [4.78, 5) is 21.8. The molecule has 1 aromatic rings. The fourth-order valence-electron chi connectivity index (χ4n) is 0.921. The summed E-state index contributed by atoms with van der Waals surface area (Å²) >= 11 is 0. The number of ketones is 1. The summed E-state index contributed by atoms with van der Waals surface area (Å²) in [7, 11) is 2.76. The van der Waals surface area contributed by atoms with Gasteiger partial charge in [-0.05, 0) is 0 Å². The number of rotatable bonds is 3. The molecular formula is C9H10N2O4. The first-order valence-corrected chi connectivity index (χ1v) is 4.06. The van der Waals surface area contributed by atoms with E-state index in [0.717, 1.165) is 13.2 Å². The van der Waals surface area contributed by atoms with E-state index in [1.807, 2.05) is 0 Å². The second-order valence-electron chi connectivity index (χ2n) is 2.79. The van der Waals surface area contributed by atoms with Crippen LogP contribution in [0.2, 0.25) is 0 Å². The Morgan fingerprint density at radius 3 is 2.73 bits per heavy atom. The van der Waals surface area contributed by atoms with Crippen LogP contribution in [0, 0.1) is 0 Å². The molecule has 0 aliphatic carbocycles. The van der Waals surface area contributed by atoms with Gasteiger partial charge in [0.2, 0.25) is 0 Å². The minimum Gasteiger partial charge on any atom is -0.507 e. The third kappa shape index (κ3) is 2.67. The lowest BCUT2D eigenvalue weighted by molar-refractivity contribution is -0.149. The van der Waals surface area contributed by atoms with Crippen molar-refractivity contribution in [2.75, 3.05) is 7.11 Å². The van der Waals surface area contributed by atoms with E-state index in [4.69, 9.17) is 0 Å². The monoisotopic (exact) mass is 210 g/mol. The summed E-state index contributed by atoms with van der Waals surface area (Å²) in [6.45, 7) is 0. The molecule has 6 nitrogen and oxygen atoms in total. The number of aliphatic hydroxyl groups is 1. The summed E-state index contributed by atoms with van der Waals surface area (Å²) in [6.07, 6.45) is 3.68. The lowest BCUT2D eigenvalue weighted by atomic mass is 10.2. The van der Waals surface area contributed by atoms with Gasteiger partial charge >= 0.3 is 5.97 Å². The smallest absolute Gasteiger partial charge is 0.378 e. The van der Waals surface area contributed by atoms with Gasteiger partial charge in [0.05, 0.1) is 18.9 Å². The Labute approximate surface area is 85.8 Å². The van der Waals surface area contributed by atoms with Crippen LogP contribution in [0.1, 0.15) is 5.56 Å². The van der Waals surface area contributed by atoms with Crippen LogP contribution >= 0.6 is 0 Å². The van der Waals surface area contributed by atoms with Crippen molar-refractivity contribution < 1.29 is 19.4 Å². The van der Waals surface area contributed by atoms with E-state index >= 15 is 0 Å². The SMILES string of the molecule is COC(=O)C(=O)C=C(O)c1cnn(C)c1. The molecule has 6 heteroatoms. The molecule has 0 aromatic carbocycles. The normalized spacial score (nSPS) is 11.2. The molecule has 0 unspecified atom stereocenters. The Morgan fingerprint density at radius 2 is 2.27 bits per heavy atom. The number of ether oxygens (including phenoxy) is 1. The molecule has 0 amide bonds. The molecule has 0 bridgehead atoms. The number of carbonyl (C=O) groups is 2. The van der Waals surface area contributed by atoms with E-state index in [0.29, 0.717) is 5.56 Å². The number of aromatic nitrogens is 2. The average Bonchev–Trinajstić information content (AvgIpc) is 2.63. The predicted octanol–water partition coefficient (Wildman–Crippen LogP) is 0.0611. The van der Waals surface area contributed by atoms with Crippen molar-refractivity contribution in [1.29, 1.82) is 0 Å². The summed E-state index contributed by atoms with van der Waals surface area (Å²) in [5.74, 6) is -2.26. The fourth-order valence-corrected chi connectivity index (χ4v) is 0.921. The number of hydrogen-bond acceptors (Lipinski definition) is 5. The quantitative estimate of drug-likeness (QED) is 0.330. The number of aryl methyl sites for hydroxylation is 1. The lowest BCUT2D eigenvalue weighted by Crippen LogP contribution is -2.12. The standard InChI is InChI=1S/C9H10N2O4/c1-11-5-6(4-10-11)7(12)3-8(13)9(14)15-2/h3-5,12H,1-2H3. The fraction of sp³-hybridized carbons (Fsp3) is 0.222. The molecule has 1 heterocycles. The largest absolute Gasteiger partial charge is 0.507 e.